The molecule has 9 nitrogen and oxygen atoms in total. The molecular weight excluding hydrogens is 457 g/mol. The van der Waals surface area contributed by atoms with Crippen molar-refractivity contribution in [2.45, 2.75) is 25.5 Å². The van der Waals surface area contributed by atoms with Crippen molar-refractivity contribution in [3.63, 3.8) is 0 Å². The summed E-state index contributed by atoms with van der Waals surface area (Å²) in [4.78, 5) is 34.2. The van der Waals surface area contributed by atoms with Crippen molar-refractivity contribution in [2.24, 2.45) is 0 Å². The maximum Gasteiger partial charge on any atom is 0.407 e. The third-order valence-electron chi connectivity index (χ3n) is 5.46. The number of esters is 1. The van der Waals surface area contributed by atoms with E-state index in [0.29, 0.717) is 34.3 Å². The van der Waals surface area contributed by atoms with E-state index in [9.17, 15) is 9.59 Å². The van der Waals surface area contributed by atoms with Gasteiger partial charge in [-0.1, -0.05) is 23.2 Å². The minimum atomic E-state index is -0.672. The van der Waals surface area contributed by atoms with Gasteiger partial charge >= 0.3 is 12.1 Å². The van der Waals surface area contributed by atoms with Crippen LogP contribution in [0.2, 0.25) is 10.0 Å². The van der Waals surface area contributed by atoms with Crippen LogP contribution in [-0.2, 0) is 14.3 Å². The van der Waals surface area contributed by atoms with Crippen molar-refractivity contribution in [3.8, 4) is 5.69 Å². The number of alkyl carbamates (subject to hydrolysis) is 1. The number of benzene rings is 1. The molecule has 0 bridgehead atoms. The van der Waals surface area contributed by atoms with Crippen molar-refractivity contribution in [3.05, 3.63) is 47.0 Å². The van der Waals surface area contributed by atoms with Gasteiger partial charge in [-0.25, -0.2) is 14.8 Å². The second kappa shape index (κ2) is 9.22. The molecule has 3 aromatic rings. The van der Waals surface area contributed by atoms with E-state index in [1.54, 1.807) is 18.6 Å². The predicted octanol–water partition coefficient (Wildman–Crippen LogP) is 3.59. The number of halogens is 2. The van der Waals surface area contributed by atoms with E-state index in [0.717, 1.165) is 11.1 Å². The van der Waals surface area contributed by atoms with E-state index in [1.165, 1.54) is 7.11 Å². The van der Waals surface area contributed by atoms with Crippen molar-refractivity contribution in [1.29, 1.82) is 0 Å². The monoisotopic (exact) mass is 477 g/mol. The van der Waals surface area contributed by atoms with Gasteiger partial charge in [-0.15, -0.1) is 0 Å². The Kier molecular flexibility index (Phi) is 6.38. The summed E-state index contributed by atoms with van der Waals surface area (Å²) in [6, 6.07) is 5.41. The maximum atomic E-state index is 12.1. The van der Waals surface area contributed by atoms with E-state index in [1.807, 2.05) is 29.8 Å². The molecule has 3 heterocycles. The Morgan fingerprint density at radius 1 is 1.31 bits per heavy atom. The highest BCUT2D eigenvalue weighted by Crippen LogP contribution is 2.36. The quantitative estimate of drug-likeness (QED) is 0.560. The Balaban J connectivity index is 1.62. The van der Waals surface area contributed by atoms with Crippen LogP contribution < -0.4 is 10.2 Å². The van der Waals surface area contributed by atoms with Crippen LogP contribution in [0, 0.1) is 0 Å². The SMILES string of the molecule is COC(=O)CNC(=O)O[C@@H]1CCN(c2cc(-n3ccnc3)c3ccc(Cl)c(Cl)c3n2)[C@H]1C. The topological polar surface area (TPSA) is 98.6 Å². The molecule has 1 fully saturated rings. The highest BCUT2D eigenvalue weighted by molar-refractivity contribution is 6.45. The van der Waals surface area contributed by atoms with Crippen molar-refractivity contribution in [1.82, 2.24) is 19.9 Å². The molecule has 2 aromatic heterocycles. The van der Waals surface area contributed by atoms with Gasteiger partial charge in [0.2, 0.25) is 0 Å². The van der Waals surface area contributed by atoms with Gasteiger partial charge in [0.05, 0.1) is 40.7 Å². The maximum absolute atomic E-state index is 12.1. The minimum Gasteiger partial charge on any atom is -0.468 e. The first-order chi connectivity index (χ1) is 15.4. The number of pyridine rings is 1. The second-order valence-corrected chi connectivity index (χ2v) is 8.11. The number of anilines is 1. The summed E-state index contributed by atoms with van der Waals surface area (Å²) < 4.78 is 11.9. The zero-order valence-electron chi connectivity index (χ0n) is 17.4. The number of rotatable bonds is 5. The van der Waals surface area contributed by atoms with Crippen LogP contribution >= 0.6 is 23.2 Å². The fourth-order valence-electron chi connectivity index (χ4n) is 3.75. The van der Waals surface area contributed by atoms with Crippen LogP contribution in [0.3, 0.4) is 0 Å². The van der Waals surface area contributed by atoms with E-state index in [-0.39, 0.29) is 18.7 Å². The standard InChI is InChI=1S/C21H21Cl2N5O4/c1-12-16(32-21(30)25-10-18(29)31-2)5-7-28(12)17-9-15(27-8-6-24-11-27)13-3-4-14(22)19(23)20(13)26-17/h3-4,6,8-9,11-12,16H,5,7,10H2,1-2H3,(H,25,30)/t12-,16+/m0/s1. The van der Waals surface area contributed by atoms with Gasteiger partial charge in [0.25, 0.3) is 0 Å². The smallest absolute Gasteiger partial charge is 0.407 e. The molecule has 0 unspecified atom stereocenters. The molecule has 1 aliphatic heterocycles. The molecule has 168 valence electrons. The second-order valence-electron chi connectivity index (χ2n) is 7.32. The summed E-state index contributed by atoms with van der Waals surface area (Å²) in [6.45, 7) is 2.32. The first-order valence-corrected chi connectivity index (χ1v) is 10.7. The summed E-state index contributed by atoms with van der Waals surface area (Å²) >= 11 is 12.7. The predicted molar refractivity (Wildman–Crippen MR) is 121 cm³/mol. The number of nitrogens with one attached hydrogen (secondary N) is 1. The molecule has 11 heteroatoms. The molecule has 0 radical (unpaired) electrons. The van der Waals surface area contributed by atoms with Crippen LogP contribution in [0.25, 0.3) is 16.6 Å². The average Bonchev–Trinajstić information content (AvgIpc) is 3.45. The Hall–Kier alpha value is -3.04. The van der Waals surface area contributed by atoms with Gasteiger partial charge in [0.15, 0.2) is 0 Å². The largest absolute Gasteiger partial charge is 0.468 e. The molecule has 0 spiro atoms. The Labute approximate surface area is 194 Å². The lowest BCUT2D eigenvalue weighted by atomic mass is 10.1. The minimum absolute atomic E-state index is 0.155. The number of carbonyl (C=O) groups excluding carboxylic acids is 2. The lowest BCUT2D eigenvalue weighted by molar-refractivity contribution is -0.139. The van der Waals surface area contributed by atoms with Gasteiger partial charge in [-0.05, 0) is 19.1 Å². The molecular formula is C21H21Cl2N5O4. The number of fused-ring (bicyclic) bond motifs is 1. The fraction of sp³-hybridized carbons (Fsp3) is 0.333. The van der Waals surface area contributed by atoms with Gasteiger partial charge < -0.3 is 24.3 Å². The van der Waals surface area contributed by atoms with E-state index in [2.05, 4.69) is 19.9 Å². The molecule has 0 aliphatic carbocycles. The molecule has 32 heavy (non-hydrogen) atoms. The summed E-state index contributed by atoms with van der Waals surface area (Å²) in [7, 11) is 1.25. The number of hydrogen-bond donors (Lipinski definition) is 1. The first-order valence-electron chi connectivity index (χ1n) is 9.94. The van der Waals surface area contributed by atoms with Crippen molar-refractivity contribution >= 4 is 52.0 Å². The number of methoxy groups -OCH3 is 1. The van der Waals surface area contributed by atoms with E-state index in [4.69, 9.17) is 32.9 Å². The zero-order chi connectivity index (χ0) is 22.8. The Bertz CT molecular complexity index is 1150. The summed E-state index contributed by atoms with van der Waals surface area (Å²) in [5.41, 5.74) is 1.43. The molecule has 1 aromatic carbocycles. The van der Waals surface area contributed by atoms with Crippen LogP contribution in [0.4, 0.5) is 10.6 Å². The molecule has 1 aliphatic rings. The number of nitrogens with zero attached hydrogens (tertiary/aromatic N) is 4. The lowest BCUT2D eigenvalue weighted by Gasteiger charge is -2.26. The average molecular weight is 478 g/mol. The van der Waals surface area contributed by atoms with Crippen LogP contribution in [-0.4, -0.2) is 58.9 Å². The Morgan fingerprint density at radius 3 is 2.84 bits per heavy atom. The van der Waals surface area contributed by atoms with Gasteiger partial charge in [0.1, 0.15) is 18.5 Å². The normalized spacial score (nSPS) is 18.1. The van der Waals surface area contributed by atoms with Crippen molar-refractivity contribution < 1.29 is 19.1 Å². The summed E-state index contributed by atoms with van der Waals surface area (Å²) in [5, 5.41) is 4.01. The number of imidazole rings is 1. The molecule has 1 saturated heterocycles. The molecule has 0 saturated carbocycles. The van der Waals surface area contributed by atoms with Crippen LogP contribution in [0.15, 0.2) is 36.9 Å². The van der Waals surface area contributed by atoms with E-state index < -0.39 is 12.1 Å². The highest BCUT2D eigenvalue weighted by atomic mass is 35.5. The zero-order valence-corrected chi connectivity index (χ0v) is 18.9. The number of aromatic nitrogens is 3. The number of amides is 1. The Morgan fingerprint density at radius 2 is 2.12 bits per heavy atom. The third kappa shape index (κ3) is 4.31. The van der Waals surface area contributed by atoms with Crippen LogP contribution in [0.1, 0.15) is 13.3 Å². The lowest BCUT2D eigenvalue weighted by Crippen LogP contribution is -2.39. The number of hydrogen-bond acceptors (Lipinski definition) is 7. The van der Waals surface area contributed by atoms with E-state index >= 15 is 0 Å². The molecule has 2 atom stereocenters. The van der Waals surface area contributed by atoms with Crippen molar-refractivity contribution in [2.75, 3.05) is 25.1 Å². The summed E-state index contributed by atoms with van der Waals surface area (Å²) in [5.74, 6) is 0.130. The third-order valence-corrected chi connectivity index (χ3v) is 6.26. The van der Waals surface area contributed by atoms with Gasteiger partial charge in [-0.2, -0.15) is 0 Å². The highest BCUT2D eigenvalue weighted by Gasteiger charge is 2.35. The summed E-state index contributed by atoms with van der Waals surface area (Å²) in [6.07, 6.45) is 4.79. The number of carbonyl (C=O) groups is 2. The molecule has 4 rings (SSSR count). The fourth-order valence-corrected chi connectivity index (χ4v) is 4.11. The number of ether oxygens (including phenoxy) is 2. The van der Waals surface area contributed by atoms with Gasteiger partial charge in [-0.3, -0.25) is 4.79 Å². The van der Waals surface area contributed by atoms with Gasteiger partial charge in [0, 0.05) is 36.8 Å². The van der Waals surface area contributed by atoms with Crippen LogP contribution in [0.5, 0.6) is 0 Å². The molecule has 1 N–H and O–H groups in total. The molecule has 1 amide bonds. The first kappa shape index (κ1) is 22.2.